The zero-order valence-corrected chi connectivity index (χ0v) is 13.3. The van der Waals surface area contributed by atoms with E-state index >= 15 is 0 Å². The van der Waals surface area contributed by atoms with Gasteiger partial charge < -0.3 is 4.42 Å². The highest BCUT2D eigenvalue weighted by Crippen LogP contribution is 2.34. The third-order valence-electron chi connectivity index (χ3n) is 3.77. The van der Waals surface area contributed by atoms with Gasteiger partial charge in [-0.3, -0.25) is 5.10 Å². The van der Waals surface area contributed by atoms with Gasteiger partial charge in [0.1, 0.15) is 11.9 Å². The van der Waals surface area contributed by atoms with Crippen LogP contribution in [0, 0.1) is 0 Å². The standard InChI is InChI=1S/C17H13N3O3S/c21-24(22,12-6-2-1-3-7-12)10-14-13-8-4-5-9-15(13)23-16(14)17-18-11-19-20-17/h1-9,11H,10H2,(H,18,19,20). The minimum absolute atomic E-state index is 0.177. The van der Waals surface area contributed by atoms with Gasteiger partial charge in [-0.05, 0) is 18.2 Å². The summed E-state index contributed by atoms with van der Waals surface area (Å²) in [5, 5.41) is 7.30. The summed E-state index contributed by atoms with van der Waals surface area (Å²) in [6.45, 7) is 0. The summed E-state index contributed by atoms with van der Waals surface area (Å²) in [6, 6.07) is 15.7. The van der Waals surface area contributed by atoms with E-state index in [9.17, 15) is 8.42 Å². The van der Waals surface area contributed by atoms with E-state index in [0.29, 0.717) is 22.7 Å². The zero-order valence-electron chi connectivity index (χ0n) is 12.5. The lowest BCUT2D eigenvalue weighted by molar-refractivity contribution is 0.593. The topological polar surface area (TPSA) is 88.9 Å². The highest BCUT2D eigenvalue weighted by Gasteiger charge is 2.24. The summed E-state index contributed by atoms with van der Waals surface area (Å²) in [6.07, 6.45) is 1.36. The quantitative estimate of drug-likeness (QED) is 0.617. The molecule has 0 unspecified atom stereocenters. The van der Waals surface area contributed by atoms with Crippen molar-refractivity contribution in [1.29, 1.82) is 0 Å². The van der Waals surface area contributed by atoms with Gasteiger partial charge in [0.25, 0.3) is 0 Å². The average Bonchev–Trinajstić information content (AvgIpc) is 3.24. The molecule has 0 aliphatic rings. The molecule has 6 nitrogen and oxygen atoms in total. The minimum Gasteiger partial charge on any atom is -0.452 e. The fraction of sp³-hybridized carbons (Fsp3) is 0.0588. The molecule has 2 aromatic carbocycles. The fourth-order valence-electron chi connectivity index (χ4n) is 2.65. The van der Waals surface area contributed by atoms with Crippen molar-refractivity contribution >= 4 is 20.8 Å². The first kappa shape index (κ1) is 14.6. The van der Waals surface area contributed by atoms with Gasteiger partial charge in [-0.15, -0.1) is 0 Å². The molecule has 0 fully saturated rings. The molecule has 2 aromatic heterocycles. The Bertz CT molecular complexity index is 1080. The molecule has 0 atom stereocenters. The van der Waals surface area contributed by atoms with Crippen LogP contribution in [0.3, 0.4) is 0 Å². The van der Waals surface area contributed by atoms with Gasteiger partial charge in [0.2, 0.25) is 0 Å². The lowest BCUT2D eigenvalue weighted by Crippen LogP contribution is -2.05. The second-order valence-electron chi connectivity index (χ2n) is 5.31. The van der Waals surface area contributed by atoms with Gasteiger partial charge in [-0.25, -0.2) is 13.4 Å². The number of nitrogens with one attached hydrogen (secondary N) is 1. The second-order valence-corrected chi connectivity index (χ2v) is 7.30. The molecule has 0 saturated carbocycles. The lowest BCUT2D eigenvalue weighted by Gasteiger charge is -2.04. The number of nitrogens with zero attached hydrogens (tertiary/aromatic N) is 2. The molecular formula is C17H13N3O3S. The van der Waals surface area contributed by atoms with E-state index in [1.54, 1.807) is 36.4 Å². The third-order valence-corrected chi connectivity index (χ3v) is 5.42. The second kappa shape index (κ2) is 5.61. The summed E-state index contributed by atoms with van der Waals surface area (Å²) in [5.41, 5.74) is 1.19. The van der Waals surface area contributed by atoms with E-state index in [1.807, 2.05) is 18.2 Å². The molecule has 7 heteroatoms. The summed E-state index contributed by atoms with van der Waals surface area (Å²) in [5.74, 6) is 0.627. The number of hydrogen-bond acceptors (Lipinski definition) is 5. The van der Waals surface area contributed by atoms with Crippen LogP contribution in [-0.4, -0.2) is 23.6 Å². The van der Waals surface area contributed by atoms with Crippen molar-refractivity contribution in [2.75, 3.05) is 0 Å². The Labute approximate surface area is 138 Å². The molecule has 0 aliphatic carbocycles. The molecule has 0 amide bonds. The maximum absolute atomic E-state index is 12.8. The van der Waals surface area contributed by atoms with Gasteiger partial charge in [0, 0.05) is 10.9 Å². The van der Waals surface area contributed by atoms with E-state index < -0.39 is 9.84 Å². The molecule has 1 N–H and O–H groups in total. The number of hydrogen-bond donors (Lipinski definition) is 1. The number of benzene rings is 2. The van der Waals surface area contributed by atoms with Gasteiger partial charge in [0.15, 0.2) is 21.4 Å². The van der Waals surface area contributed by atoms with Crippen molar-refractivity contribution in [2.45, 2.75) is 10.6 Å². The van der Waals surface area contributed by atoms with Crippen LogP contribution in [-0.2, 0) is 15.6 Å². The molecule has 120 valence electrons. The largest absolute Gasteiger partial charge is 0.452 e. The Morgan fingerprint density at radius 1 is 1.00 bits per heavy atom. The summed E-state index contributed by atoms with van der Waals surface area (Å²) in [4.78, 5) is 4.37. The van der Waals surface area contributed by atoms with Gasteiger partial charge in [-0.2, -0.15) is 5.10 Å². The van der Waals surface area contributed by atoms with Crippen LogP contribution in [0.5, 0.6) is 0 Å². The summed E-state index contributed by atoms with van der Waals surface area (Å²) >= 11 is 0. The first-order valence-corrected chi connectivity index (χ1v) is 8.94. The molecule has 24 heavy (non-hydrogen) atoms. The molecular weight excluding hydrogens is 326 g/mol. The number of H-pyrrole nitrogens is 1. The van der Waals surface area contributed by atoms with Crippen LogP contribution in [0.25, 0.3) is 22.6 Å². The van der Waals surface area contributed by atoms with Crippen LogP contribution in [0.2, 0.25) is 0 Å². The SMILES string of the molecule is O=S(=O)(Cc1c(-c2ncn[nH]2)oc2ccccc12)c1ccccc1. The maximum Gasteiger partial charge on any atom is 0.191 e. The number of aromatic amines is 1. The van der Waals surface area contributed by atoms with E-state index in [4.69, 9.17) is 4.42 Å². The van der Waals surface area contributed by atoms with E-state index in [-0.39, 0.29) is 10.6 Å². The Kier molecular flexibility index (Phi) is 3.42. The van der Waals surface area contributed by atoms with Crippen molar-refractivity contribution in [3.05, 3.63) is 66.5 Å². The van der Waals surface area contributed by atoms with Crippen LogP contribution < -0.4 is 0 Å². The number of aromatic nitrogens is 3. The molecule has 0 saturated heterocycles. The van der Waals surface area contributed by atoms with Crippen LogP contribution in [0.4, 0.5) is 0 Å². The Morgan fingerprint density at radius 2 is 1.75 bits per heavy atom. The highest BCUT2D eigenvalue weighted by atomic mass is 32.2. The van der Waals surface area contributed by atoms with Crippen molar-refractivity contribution in [3.63, 3.8) is 0 Å². The zero-order chi connectivity index (χ0) is 16.6. The number of rotatable bonds is 4. The summed E-state index contributed by atoms with van der Waals surface area (Å²) in [7, 11) is -3.51. The monoisotopic (exact) mass is 339 g/mol. The molecule has 0 bridgehead atoms. The van der Waals surface area contributed by atoms with Gasteiger partial charge in [0.05, 0.1) is 10.6 Å². The van der Waals surface area contributed by atoms with Crippen molar-refractivity contribution < 1.29 is 12.8 Å². The van der Waals surface area contributed by atoms with Crippen molar-refractivity contribution in [2.24, 2.45) is 0 Å². The molecule has 2 heterocycles. The number of fused-ring (bicyclic) bond motifs is 1. The molecule has 0 spiro atoms. The molecule has 0 radical (unpaired) electrons. The smallest absolute Gasteiger partial charge is 0.191 e. The Morgan fingerprint density at radius 3 is 2.50 bits per heavy atom. The van der Waals surface area contributed by atoms with Crippen LogP contribution in [0.15, 0.2) is 70.2 Å². The normalized spacial score (nSPS) is 11.8. The molecule has 0 aliphatic heterocycles. The third kappa shape index (κ3) is 2.48. The van der Waals surface area contributed by atoms with Gasteiger partial charge >= 0.3 is 0 Å². The maximum atomic E-state index is 12.8. The number of sulfone groups is 1. The van der Waals surface area contributed by atoms with Crippen LogP contribution >= 0.6 is 0 Å². The highest BCUT2D eigenvalue weighted by molar-refractivity contribution is 7.90. The molecule has 4 rings (SSSR count). The van der Waals surface area contributed by atoms with Crippen LogP contribution in [0.1, 0.15) is 5.56 Å². The predicted octanol–water partition coefficient (Wildman–Crippen LogP) is 3.19. The van der Waals surface area contributed by atoms with E-state index in [1.165, 1.54) is 6.33 Å². The first-order chi connectivity index (χ1) is 11.6. The minimum atomic E-state index is -3.51. The lowest BCUT2D eigenvalue weighted by atomic mass is 10.1. The Hall–Kier alpha value is -2.93. The predicted molar refractivity (Wildman–Crippen MR) is 88.9 cm³/mol. The van der Waals surface area contributed by atoms with Crippen molar-refractivity contribution in [3.8, 4) is 11.6 Å². The van der Waals surface area contributed by atoms with E-state index in [2.05, 4.69) is 15.2 Å². The Balaban J connectivity index is 1.88. The number of para-hydroxylation sites is 1. The van der Waals surface area contributed by atoms with E-state index in [0.717, 1.165) is 5.39 Å². The number of furan rings is 1. The average molecular weight is 339 g/mol. The summed E-state index contributed by atoms with van der Waals surface area (Å²) < 4.78 is 31.4. The van der Waals surface area contributed by atoms with Crippen molar-refractivity contribution in [1.82, 2.24) is 15.2 Å². The molecule has 4 aromatic rings. The fourth-order valence-corrected chi connectivity index (χ4v) is 4.05. The first-order valence-electron chi connectivity index (χ1n) is 7.29. The van der Waals surface area contributed by atoms with Gasteiger partial charge in [-0.1, -0.05) is 36.4 Å².